The molecule has 16 heavy (non-hydrogen) atoms. The van der Waals surface area contributed by atoms with Gasteiger partial charge in [-0.25, -0.2) is 8.42 Å². The third-order valence-electron chi connectivity index (χ3n) is 1.94. The highest BCUT2D eigenvalue weighted by Crippen LogP contribution is 2.33. The zero-order valence-corrected chi connectivity index (χ0v) is 10.5. The lowest BCUT2D eigenvalue weighted by Crippen LogP contribution is -2.12. The fourth-order valence-corrected chi connectivity index (χ4v) is 2.35. The first-order chi connectivity index (χ1) is 7.15. The Hall–Kier alpha value is -0.390. The van der Waals surface area contributed by atoms with Gasteiger partial charge in [-0.1, -0.05) is 12.1 Å². The molecule has 0 N–H and O–H groups in total. The van der Waals surface area contributed by atoms with Crippen LogP contribution in [0.3, 0.4) is 0 Å². The van der Waals surface area contributed by atoms with E-state index in [-0.39, 0.29) is 4.90 Å². The van der Waals surface area contributed by atoms with Crippen molar-refractivity contribution in [2.24, 2.45) is 0 Å². The molecular formula is C9H8Cl2F2O2S. The highest BCUT2D eigenvalue weighted by molar-refractivity contribution is 7.93. The molecule has 0 amide bonds. The van der Waals surface area contributed by atoms with E-state index in [0.717, 1.165) is 24.3 Å². The maximum Gasteiger partial charge on any atom is 0.348 e. The summed E-state index contributed by atoms with van der Waals surface area (Å²) in [5.74, 6) is 0. The molecule has 1 aromatic carbocycles. The number of rotatable bonds is 3. The molecule has 0 saturated carbocycles. The lowest BCUT2D eigenvalue weighted by molar-refractivity contribution is 0.0950. The van der Waals surface area contributed by atoms with E-state index in [9.17, 15) is 17.2 Å². The van der Waals surface area contributed by atoms with Crippen LogP contribution in [0.1, 0.15) is 12.5 Å². The second kappa shape index (κ2) is 4.47. The van der Waals surface area contributed by atoms with Gasteiger partial charge in [0.25, 0.3) is 0 Å². The van der Waals surface area contributed by atoms with Crippen molar-refractivity contribution >= 4 is 33.0 Å². The molecule has 0 aliphatic rings. The standard InChI is InChI=1S/C9H8Cl2F2O2S/c1-6(10)16(14,15)8-4-2-7(3-5-8)9(11,12)13/h2-6H,1H3. The van der Waals surface area contributed by atoms with Gasteiger partial charge >= 0.3 is 5.38 Å². The minimum absolute atomic E-state index is 0.111. The minimum Gasteiger partial charge on any atom is -0.222 e. The monoisotopic (exact) mass is 288 g/mol. The lowest BCUT2D eigenvalue weighted by atomic mass is 10.2. The first-order valence-corrected chi connectivity index (χ1v) is 6.57. The number of sulfone groups is 1. The Kier molecular flexibility index (Phi) is 3.82. The summed E-state index contributed by atoms with van der Waals surface area (Å²) in [6, 6.07) is 4.03. The maximum atomic E-state index is 12.6. The summed E-state index contributed by atoms with van der Waals surface area (Å²) in [5, 5.41) is -3.51. The first-order valence-electron chi connectivity index (χ1n) is 4.21. The van der Waals surface area contributed by atoms with Gasteiger partial charge in [0.05, 0.1) is 4.90 Å². The van der Waals surface area contributed by atoms with Gasteiger partial charge in [-0.3, -0.25) is 0 Å². The van der Waals surface area contributed by atoms with Crippen molar-refractivity contribution in [1.82, 2.24) is 0 Å². The van der Waals surface area contributed by atoms with Crippen molar-refractivity contribution in [2.75, 3.05) is 0 Å². The smallest absolute Gasteiger partial charge is 0.222 e. The van der Waals surface area contributed by atoms with Crippen LogP contribution in [0.15, 0.2) is 29.2 Å². The van der Waals surface area contributed by atoms with Crippen LogP contribution in [0.2, 0.25) is 0 Å². The van der Waals surface area contributed by atoms with Gasteiger partial charge in [0, 0.05) is 5.56 Å². The highest BCUT2D eigenvalue weighted by atomic mass is 35.5. The summed E-state index contributed by atoms with van der Waals surface area (Å²) in [6.07, 6.45) is 0. The molecule has 7 heteroatoms. The lowest BCUT2D eigenvalue weighted by Gasteiger charge is -2.10. The molecular weight excluding hydrogens is 281 g/mol. The van der Waals surface area contributed by atoms with Gasteiger partial charge in [-0.05, 0) is 30.7 Å². The van der Waals surface area contributed by atoms with E-state index >= 15 is 0 Å². The molecule has 0 radical (unpaired) electrons. The van der Waals surface area contributed by atoms with Crippen LogP contribution >= 0.6 is 23.2 Å². The topological polar surface area (TPSA) is 34.1 Å². The van der Waals surface area contributed by atoms with Gasteiger partial charge in [0.2, 0.25) is 0 Å². The van der Waals surface area contributed by atoms with Crippen LogP contribution in [0, 0.1) is 0 Å². The molecule has 2 nitrogen and oxygen atoms in total. The van der Waals surface area contributed by atoms with Gasteiger partial charge in [-0.15, -0.1) is 11.6 Å². The Morgan fingerprint density at radius 1 is 1.25 bits per heavy atom. The molecule has 90 valence electrons. The van der Waals surface area contributed by atoms with E-state index in [1.165, 1.54) is 6.92 Å². The summed E-state index contributed by atoms with van der Waals surface area (Å²) in [7, 11) is -3.66. The largest absolute Gasteiger partial charge is 0.348 e. The van der Waals surface area contributed by atoms with E-state index in [0.29, 0.717) is 0 Å². The fourth-order valence-electron chi connectivity index (χ4n) is 1.02. The quantitative estimate of drug-likeness (QED) is 0.800. The molecule has 0 spiro atoms. The molecule has 0 bridgehead atoms. The van der Waals surface area contributed by atoms with Crippen LogP contribution < -0.4 is 0 Å². The van der Waals surface area contributed by atoms with Crippen LogP contribution in [0.25, 0.3) is 0 Å². The van der Waals surface area contributed by atoms with Crippen LogP contribution in [0.5, 0.6) is 0 Å². The highest BCUT2D eigenvalue weighted by Gasteiger charge is 2.28. The molecule has 1 aromatic rings. The summed E-state index contributed by atoms with van der Waals surface area (Å²) < 4.78 is 47.2. The Labute approximate surface area is 102 Å². The average Bonchev–Trinajstić information content (AvgIpc) is 2.16. The van der Waals surface area contributed by atoms with Crippen LogP contribution in [-0.4, -0.2) is 13.1 Å². The molecule has 1 unspecified atom stereocenters. The van der Waals surface area contributed by atoms with Gasteiger partial charge in [-0.2, -0.15) is 8.78 Å². The summed E-state index contributed by atoms with van der Waals surface area (Å²) in [4.78, 5) is -0.111. The molecule has 0 heterocycles. The van der Waals surface area contributed by atoms with Crippen molar-refractivity contribution in [3.63, 3.8) is 0 Å². The molecule has 0 aliphatic heterocycles. The summed E-state index contributed by atoms with van der Waals surface area (Å²) >= 11 is 10.3. The van der Waals surface area contributed by atoms with E-state index in [1.54, 1.807) is 0 Å². The number of alkyl halides is 4. The normalized spacial score (nSPS) is 14.8. The summed E-state index contributed by atoms with van der Waals surface area (Å²) in [5.41, 5.74) is -0.463. The second-order valence-electron chi connectivity index (χ2n) is 3.11. The van der Waals surface area contributed by atoms with E-state index in [4.69, 9.17) is 23.2 Å². The molecule has 0 saturated heterocycles. The first kappa shape index (κ1) is 13.7. The van der Waals surface area contributed by atoms with Crippen molar-refractivity contribution in [2.45, 2.75) is 21.9 Å². The third kappa shape index (κ3) is 2.84. The Morgan fingerprint density at radius 3 is 2.00 bits per heavy atom. The molecule has 0 aromatic heterocycles. The van der Waals surface area contributed by atoms with E-state index in [1.807, 2.05) is 0 Å². The van der Waals surface area contributed by atoms with E-state index in [2.05, 4.69) is 0 Å². The van der Waals surface area contributed by atoms with Crippen LogP contribution in [0.4, 0.5) is 8.78 Å². The van der Waals surface area contributed by atoms with Crippen molar-refractivity contribution in [3.05, 3.63) is 29.8 Å². The second-order valence-corrected chi connectivity index (χ2v) is 6.77. The van der Waals surface area contributed by atoms with Crippen molar-refractivity contribution < 1.29 is 17.2 Å². The maximum absolute atomic E-state index is 12.6. The predicted molar refractivity (Wildman–Crippen MR) is 58.7 cm³/mol. The van der Waals surface area contributed by atoms with Gasteiger partial charge < -0.3 is 0 Å². The average molecular weight is 289 g/mol. The Bertz CT molecular complexity index is 463. The van der Waals surface area contributed by atoms with Gasteiger partial charge in [0.1, 0.15) is 4.71 Å². The minimum atomic E-state index is -3.66. The molecule has 1 rings (SSSR count). The van der Waals surface area contributed by atoms with Crippen molar-refractivity contribution in [3.8, 4) is 0 Å². The molecule has 1 atom stereocenters. The van der Waals surface area contributed by atoms with E-state index < -0.39 is 25.5 Å². The van der Waals surface area contributed by atoms with Gasteiger partial charge in [0.15, 0.2) is 9.84 Å². The number of hydrogen-bond donors (Lipinski definition) is 0. The predicted octanol–water partition coefficient (Wildman–Crippen LogP) is 3.33. The summed E-state index contributed by atoms with van der Waals surface area (Å²) in [6.45, 7) is 1.29. The molecule has 0 fully saturated rings. The third-order valence-corrected chi connectivity index (χ3v) is 4.64. The van der Waals surface area contributed by atoms with Crippen LogP contribution in [-0.2, 0) is 15.2 Å². The fraction of sp³-hybridized carbons (Fsp3) is 0.333. The van der Waals surface area contributed by atoms with Crippen molar-refractivity contribution in [1.29, 1.82) is 0 Å². The molecule has 0 aliphatic carbocycles. The number of benzene rings is 1. The SMILES string of the molecule is CC(Cl)S(=O)(=O)c1ccc(C(F)(F)Cl)cc1. The Balaban J connectivity index is 3.15. The zero-order valence-electron chi connectivity index (χ0n) is 8.12. The number of hydrogen-bond acceptors (Lipinski definition) is 2. The number of halogens is 4. The zero-order chi connectivity index (χ0) is 12.6. The Morgan fingerprint density at radius 2 is 1.69 bits per heavy atom.